The summed E-state index contributed by atoms with van der Waals surface area (Å²) in [5.74, 6) is -0.263. The highest BCUT2D eigenvalue weighted by atomic mass is 16.8. The summed E-state index contributed by atoms with van der Waals surface area (Å²) in [5, 5.41) is 121. The van der Waals surface area contributed by atoms with Gasteiger partial charge in [0, 0.05) is 6.42 Å². The van der Waals surface area contributed by atoms with Gasteiger partial charge in [-0.15, -0.1) is 0 Å². The van der Waals surface area contributed by atoms with Crippen LogP contribution in [-0.2, 0) is 33.2 Å². The van der Waals surface area contributed by atoms with Gasteiger partial charge in [0.2, 0.25) is 5.91 Å². The van der Waals surface area contributed by atoms with Crippen molar-refractivity contribution in [2.24, 2.45) is 0 Å². The Labute approximate surface area is 709 Å². The topological polar surface area (TPSA) is 307 Å². The molecule has 3 heterocycles. The maximum atomic E-state index is 13.6. The minimum atomic E-state index is -1.98. The number of unbranched alkanes of at least 4 members (excludes halogenated alkanes) is 68. The molecule has 0 aromatic heterocycles. The van der Waals surface area contributed by atoms with Gasteiger partial charge in [0.25, 0.3) is 0 Å². The number of aliphatic hydroxyl groups excluding tert-OH is 11. The van der Waals surface area contributed by atoms with E-state index >= 15 is 0 Å². The van der Waals surface area contributed by atoms with Gasteiger partial charge in [-0.3, -0.25) is 4.79 Å². The van der Waals surface area contributed by atoms with Gasteiger partial charge in [-0.2, -0.15) is 0 Å². The highest BCUT2D eigenvalue weighted by molar-refractivity contribution is 5.76. The molecule has 0 aromatic rings. The van der Waals surface area contributed by atoms with Crippen molar-refractivity contribution in [1.29, 1.82) is 0 Å². The molecule has 0 aromatic carbocycles. The van der Waals surface area contributed by atoms with Crippen molar-refractivity contribution in [2.75, 3.05) is 26.4 Å². The molecule has 0 radical (unpaired) electrons. The summed E-state index contributed by atoms with van der Waals surface area (Å²) in [5.41, 5.74) is 0. The normalized spacial score (nSPS) is 24.4. The van der Waals surface area contributed by atoms with Crippen LogP contribution < -0.4 is 5.32 Å². The Morgan fingerprint density at radius 2 is 0.534 bits per heavy atom. The number of amides is 1. The Balaban J connectivity index is 1.28. The van der Waals surface area contributed by atoms with Crippen LogP contribution >= 0.6 is 0 Å². The zero-order valence-corrected chi connectivity index (χ0v) is 74.8. The average Bonchev–Trinajstić information content (AvgIpc) is 0.779. The molecule has 3 aliphatic heterocycles. The van der Waals surface area contributed by atoms with Crippen molar-refractivity contribution < 1.29 is 89.4 Å². The first-order valence-corrected chi connectivity index (χ1v) is 49.9. The van der Waals surface area contributed by atoms with Crippen LogP contribution in [0.1, 0.15) is 470 Å². The quantitative estimate of drug-likeness (QED) is 0.0199. The number of allylic oxidation sites excluding steroid dienone is 1. The second-order valence-electron chi connectivity index (χ2n) is 36.0. The molecule has 3 fully saturated rings. The van der Waals surface area contributed by atoms with Crippen molar-refractivity contribution in [1.82, 2.24) is 5.32 Å². The molecule has 688 valence electrons. The Hall–Kier alpha value is -1.47. The number of ether oxygens (including phenoxy) is 6. The number of aliphatic hydroxyl groups is 11. The van der Waals surface area contributed by atoms with Crippen LogP contribution in [0.3, 0.4) is 0 Å². The fourth-order valence-electron chi connectivity index (χ4n) is 17.4. The van der Waals surface area contributed by atoms with E-state index in [-0.39, 0.29) is 18.9 Å². The summed E-state index contributed by atoms with van der Waals surface area (Å²) in [7, 11) is 0. The first-order valence-electron chi connectivity index (χ1n) is 49.9. The third kappa shape index (κ3) is 54.3. The lowest BCUT2D eigenvalue weighted by Gasteiger charge is -2.48. The molecule has 17 unspecified atom stereocenters. The number of hydrogen-bond acceptors (Lipinski definition) is 18. The van der Waals surface area contributed by atoms with E-state index in [4.69, 9.17) is 28.4 Å². The third-order valence-corrected chi connectivity index (χ3v) is 25.3. The fourth-order valence-corrected chi connectivity index (χ4v) is 17.4. The van der Waals surface area contributed by atoms with Crippen molar-refractivity contribution in [3.63, 3.8) is 0 Å². The van der Waals surface area contributed by atoms with Crippen molar-refractivity contribution in [2.45, 2.75) is 574 Å². The van der Waals surface area contributed by atoms with E-state index in [0.29, 0.717) is 6.42 Å². The maximum absolute atomic E-state index is 13.6. The minimum Gasteiger partial charge on any atom is -0.394 e. The lowest BCUT2D eigenvalue weighted by molar-refractivity contribution is -0.379. The molecule has 19 nitrogen and oxygen atoms in total. The molecular weight excluding hydrogens is 1470 g/mol. The molecule has 3 aliphatic rings. The van der Waals surface area contributed by atoms with Crippen molar-refractivity contribution in [3.8, 4) is 0 Å². The standard InChI is InChI=1S/C97H187NO18/c1-3-5-7-9-11-13-15-17-19-21-23-25-27-29-31-33-35-37-38-39-40-41-42-43-45-47-49-51-53-55-57-59-61-63-65-67-69-71-73-75-85(103)98-80(81(102)74-72-70-68-66-64-62-60-58-56-54-52-50-48-46-44-36-34-32-30-28-26-24-22-20-18-16-14-12-10-8-6-4-2)79-111-95-91(109)88(106)93(83(77-100)113-95)116-97-92(110)89(107)94(84(78-101)114-97)115-96-90(108)87(105)86(104)82(76-99)112-96/h72,74,80-84,86-97,99-102,104-110H,3-71,73,75-79H2,1-2H3,(H,98,103)/b74-72+. The van der Waals surface area contributed by atoms with Gasteiger partial charge in [-0.25, -0.2) is 0 Å². The Bertz CT molecular complexity index is 2130. The Morgan fingerprint density at radius 3 is 0.810 bits per heavy atom. The van der Waals surface area contributed by atoms with Crippen LogP contribution in [-0.4, -0.2) is 193 Å². The van der Waals surface area contributed by atoms with E-state index in [0.717, 1.165) is 44.9 Å². The predicted molar refractivity (Wildman–Crippen MR) is 471 cm³/mol. The number of carbonyl (C=O) groups is 1. The lowest BCUT2D eigenvalue weighted by Crippen LogP contribution is -2.66. The average molecular weight is 1660 g/mol. The van der Waals surface area contributed by atoms with E-state index in [1.807, 2.05) is 6.08 Å². The molecule has 0 aliphatic carbocycles. The van der Waals surface area contributed by atoms with Gasteiger partial charge in [-0.05, 0) is 19.3 Å². The summed E-state index contributed by atoms with van der Waals surface area (Å²) >= 11 is 0. The molecule has 0 spiro atoms. The van der Waals surface area contributed by atoms with Crippen LogP contribution in [0.2, 0.25) is 0 Å². The lowest BCUT2D eigenvalue weighted by atomic mass is 9.96. The largest absolute Gasteiger partial charge is 0.394 e. The van der Waals surface area contributed by atoms with E-state index in [9.17, 15) is 61.0 Å². The second kappa shape index (κ2) is 77.1. The zero-order chi connectivity index (χ0) is 83.8. The summed E-state index contributed by atoms with van der Waals surface area (Å²) in [4.78, 5) is 13.6. The van der Waals surface area contributed by atoms with Crippen LogP contribution in [0.25, 0.3) is 0 Å². The van der Waals surface area contributed by atoms with Crippen LogP contribution in [0.5, 0.6) is 0 Å². The van der Waals surface area contributed by atoms with E-state index < -0.39 is 124 Å². The van der Waals surface area contributed by atoms with Crippen LogP contribution in [0.15, 0.2) is 12.2 Å². The van der Waals surface area contributed by atoms with Crippen LogP contribution in [0.4, 0.5) is 0 Å². The maximum Gasteiger partial charge on any atom is 0.220 e. The van der Waals surface area contributed by atoms with E-state index in [2.05, 4.69) is 19.2 Å². The molecule has 0 bridgehead atoms. The molecule has 1 amide bonds. The number of rotatable bonds is 84. The predicted octanol–water partition coefficient (Wildman–Crippen LogP) is 20.6. The van der Waals surface area contributed by atoms with Crippen LogP contribution in [0, 0.1) is 0 Å². The smallest absolute Gasteiger partial charge is 0.220 e. The van der Waals surface area contributed by atoms with Gasteiger partial charge in [0.15, 0.2) is 18.9 Å². The molecule has 3 saturated heterocycles. The van der Waals surface area contributed by atoms with Gasteiger partial charge >= 0.3 is 0 Å². The fraction of sp³-hybridized carbons (Fsp3) is 0.969. The minimum absolute atomic E-state index is 0.251. The third-order valence-electron chi connectivity index (χ3n) is 25.3. The van der Waals surface area contributed by atoms with Gasteiger partial charge in [0.1, 0.15) is 73.2 Å². The molecule has 19 heteroatoms. The number of nitrogens with one attached hydrogen (secondary N) is 1. The van der Waals surface area contributed by atoms with Crippen molar-refractivity contribution in [3.05, 3.63) is 12.2 Å². The molecule has 116 heavy (non-hydrogen) atoms. The molecule has 0 saturated carbocycles. The Morgan fingerprint density at radius 1 is 0.302 bits per heavy atom. The molecule has 3 rings (SSSR count). The zero-order valence-electron chi connectivity index (χ0n) is 74.8. The second-order valence-corrected chi connectivity index (χ2v) is 36.0. The first-order chi connectivity index (χ1) is 56.8. The Kier molecular flexibility index (Phi) is 72.3. The summed E-state index contributed by atoms with van der Waals surface area (Å²) in [6, 6.07) is -0.972. The van der Waals surface area contributed by atoms with E-state index in [1.165, 1.54) is 398 Å². The highest BCUT2D eigenvalue weighted by Gasteiger charge is 2.54. The van der Waals surface area contributed by atoms with Gasteiger partial charge in [-0.1, -0.05) is 456 Å². The van der Waals surface area contributed by atoms with E-state index in [1.54, 1.807) is 6.08 Å². The highest BCUT2D eigenvalue weighted by Crippen LogP contribution is 2.34. The van der Waals surface area contributed by atoms with Gasteiger partial charge < -0.3 is 89.9 Å². The molecule has 12 N–H and O–H groups in total. The molecule has 17 atom stereocenters. The number of hydrogen-bond donors (Lipinski definition) is 12. The molecular formula is C97H187NO18. The SMILES string of the molecule is CCCCCCCCCCCCCCCCCCCCCCCCCCCCCCCC/C=C/C(O)C(COC1OC(CO)C(OC2OC(CO)C(OC3OC(CO)C(O)C(O)C3O)C(O)C2O)C(O)C1O)NC(=O)CCCCCCCCCCCCCCCCCCCCCCCCCCCCCCCCCCCCCCCCC. The monoisotopic (exact) mass is 1650 g/mol. The summed E-state index contributed by atoms with van der Waals surface area (Å²) in [6.07, 6.45) is 71.2. The van der Waals surface area contributed by atoms with Gasteiger partial charge in [0.05, 0.1) is 38.6 Å². The van der Waals surface area contributed by atoms with Crippen molar-refractivity contribution >= 4 is 5.91 Å². The first kappa shape index (κ1) is 109. The summed E-state index contributed by atoms with van der Waals surface area (Å²) < 4.78 is 34.6. The number of carbonyl (C=O) groups excluding carboxylic acids is 1. The summed E-state index contributed by atoms with van der Waals surface area (Å²) in [6.45, 7) is 1.83.